The number of rotatable bonds is 11. The summed E-state index contributed by atoms with van der Waals surface area (Å²) >= 11 is 0. The van der Waals surface area contributed by atoms with Gasteiger partial charge in [-0.25, -0.2) is 0 Å². The van der Waals surface area contributed by atoms with E-state index in [1.54, 1.807) is 30.3 Å². The Hall–Kier alpha value is -3.53. The molecule has 0 saturated heterocycles. The lowest BCUT2D eigenvalue weighted by Crippen LogP contribution is -2.30. The molecule has 210 valence electrons. The minimum atomic E-state index is -4.93. The van der Waals surface area contributed by atoms with E-state index in [0.717, 1.165) is 24.3 Å². The van der Waals surface area contributed by atoms with Gasteiger partial charge in [0.1, 0.15) is 0 Å². The molecule has 0 spiro atoms. The molecule has 0 heterocycles. The van der Waals surface area contributed by atoms with E-state index in [-0.39, 0.29) is 30.7 Å². The number of carbonyl (C=O) groups excluding carboxylic acids is 1. The molecule has 0 radical (unpaired) electrons. The second kappa shape index (κ2) is 13.0. The van der Waals surface area contributed by atoms with Gasteiger partial charge < -0.3 is 15.0 Å². The Morgan fingerprint density at radius 1 is 0.846 bits per heavy atom. The zero-order valence-electron chi connectivity index (χ0n) is 21.6. The molecule has 0 aliphatic carbocycles. The number of amides is 1. The van der Waals surface area contributed by atoms with Gasteiger partial charge in [0.2, 0.25) is 0 Å². The van der Waals surface area contributed by atoms with Crippen molar-refractivity contribution < 1.29 is 35.9 Å². The summed E-state index contributed by atoms with van der Waals surface area (Å²) in [6, 6.07) is 17.6. The molecule has 39 heavy (non-hydrogen) atoms. The van der Waals surface area contributed by atoms with Crippen LogP contribution in [0.3, 0.4) is 0 Å². The summed E-state index contributed by atoms with van der Waals surface area (Å²) in [5.74, 6) is -0.701. The van der Waals surface area contributed by atoms with Crippen LogP contribution in [-0.4, -0.2) is 32.1 Å². The highest BCUT2D eigenvalue weighted by atomic mass is 19.4. The topological polar surface area (TPSA) is 41.6 Å². The normalized spacial score (nSPS) is 12.7. The molecule has 0 aliphatic rings. The predicted octanol–water partition coefficient (Wildman–Crippen LogP) is 7.30. The Labute approximate surface area is 223 Å². The van der Waals surface area contributed by atoms with Crippen LogP contribution < -0.4 is 10.2 Å². The lowest BCUT2D eigenvalue weighted by atomic mass is 9.99. The van der Waals surface area contributed by atoms with Crippen molar-refractivity contribution in [2.75, 3.05) is 31.1 Å². The maximum Gasteiger partial charge on any atom is 0.416 e. The molecule has 1 atom stereocenters. The van der Waals surface area contributed by atoms with Crippen molar-refractivity contribution in [2.45, 2.75) is 38.7 Å². The maximum absolute atomic E-state index is 13.2. The second-order valence-electron chi connectivity index (χ2n) is 8.97. The molecular weight excluding hydrogens is 522 g/mol. The van der Waals surface area contributed by atoms with Crippen LogP contribution in [0.1, 0.15) is 52.4 Å². The average molecular weight is 553 g/mol. The summed E-state index contributed by atoms with van der Waals surface area (Å²) in [5, 5.41) is 2.85. The smallest absolute Gasteiger partial charge is 0.376 e. The zero-order chi connectivity index (χ0) is 28.6. The summed E-state index contributed by atoms with van der Waals surface area (Å²) in [6.45, 7) is 5.39. The van der Waals surface area contributed by atoms with Gasteiger partial charge in [-0.2, -0.15) is 26.3 Å². The molecule has 0 bridgehead atoms. The molecule has 4 nitrogen and oxygen atoms in total. The Morgan fingerprint density at radius 2 is 1.41 bits per heavy atom. The molecule has 10 heteroatoms. The van der Waals surface area contributed by atoms with Crippen molar-refractivity contribution in [3.63, 3.8) is 0 Å². The molecule has 0 fully saturated rings. The zero-order valence-corrected chi connectivity index (χ0v) is 21.6. The highest BCUT2D eigenvalue weighted by molar-refractivity contribution is 5.94. The van der Waals surface area contributed by atoms with Gasteiger partial charge in [-0.3, -0.25) is 4.79 Å². The largest absolute Gasteiger partial charge is 0.416 e. The molecule has 0 aliphatic heterocycles. The lowest BCUT2D eigenvalue weighted by Gasteiger charge is -2.21. The molecule has 0 saturated carbocycles. The van der Waals surface area contributed by atoms with Crippen molar-refractivity contribution in [3.05, 3.63) is 101 Å². The summed E-state index contributed by atoms with van der Waals surface area (Å²) in [7, 11) is 0. The first-order valence-electron chi connectivity index (χ1n) is 12.5. The van der Waals surface area contributed by atoms with Gasteiger partial charge >= 0.3 is 12.4 Å². The number of alkyl halides is 6. The Balaban J connectivity index is 1.69. The fourth-order valence-electron chi connectivity index (χ4n) is 4.15. The number of halogens is 6. The van der Waals surface area contributed by atoms with Gasteiger partial charge in [0.25, 0.3) is 5.91 Å². The Bertz CT molecular complexity index is 1170. The Morgan fingerprint density at radius 3 is 1.92 bits per heavy atom. The summed E-state index contributed by atoms with van der Waals surface area (Å²) in [6.07, 6.45) is -9.87. The fraction of sp³-hybridized carbons (Fsp3) is 0.345. The van der Waals surface area contributed by atoms with E-state index < -0.39 is 36.0 Å². The summed E-state index contributed by atoms with van der Waals surface area (Å²) < 4.78 is 84.6. The molecule has 1 N–H and O–H groups in total. The third kappa shape index (κ3) is 8.48. The van der Waals surface area contributed by atoms with Crippen molar-refractivity contribution in [2.24, 2.45) is 0 Å². The number of hydrogen-bond acceptors (Lipinski definition) is 3. The number of nitrogens with zero attached hydrogens (tertiary/aromatic N) is 1. The van der Waals surface area contributed by atoms with Gasteiger partial charge in [-0.15, -0.1) is 0 Å². The van der Waals surface area contributed by atoms with Gasteiger partial charge in [-0.1, -0.05) is 30.3 Å². The molecule has 3 rings (SSSR count). The number of nitrogens with one attached hydrogen (secondary N) is 1. The van der Waals surface area contributed by atoms with E-state index in [1.807, 2.05) is 38.1 Å². The quantitative estimate of drug-likeness (QED) is 0.254. The predicted molar refractivity (Wildman–Crippen MR) is 138 cm³/mol. The third-order valence-electron chi connectivity index (χ3n) is 6.27. The summed E-state index contributed by atoms with van der Waals surface area (Å²) in [4.78, 5) is 14.9. The highest BCUT2D eigenvalue weighted by Crippen LogP contribution is 2.36. The number of anilines is 1. The van der Waals surface area contributed by atoms with Crippen molar-refractivity contribution in [3.8, 4) is 0 Å². The molecule has 1 amide bonds. The van der Waals surface area contributed by atoms with E-state index in [1.165, 1.54) is 0 Å². The van der Waals surface area contributed by atoms with Crippen LogP contribution in [-0.2, 0) is 23.7 Å². The molecule has 1 unspecified atom stereocenters. The van der Waals surface area contributed by atoms with Crippen LogP contribution in [0.4, 0.5) is 32.0 Å². The lowest BCUT2D eigenvalue weighted by molar-refractivity contribution is -0.143. The van der Waals surface area contributed by atoms with Crippen LogP contribution in [0.2, 0.25) is 0 Å². The highest BCUT2D eigenvalue weighted by Gasteiger charge is 2.36. The number of ether oxygens (including phenoxy) is 1. The first-order chi connectivity index (χ1) is 18.4. The van der Waals surface area contributed by atoms with E-state index in [0.29, 0.717) is 17.7 Å². The van der Waals surface area contributed by atoms with E-state index in [2.05, 4.69) is 10.2 Å². The maximum atomic E-state index is 13.2. The van der Waals surface area contributed by atoms with Crippen LogP contribution >= 0.6 is 0 Å². The van der Waals surface area contributed by atoms with Crippen molar-refractivity contribution in [1.82, 2.24) is 5.32 Å². The van der Waals surface area contributed by atoms with E-state index in [9.17, 15) is 31.1 Å². The molecule has 0 aromatic heterocycles. The first kappa shape index (κ1) is 30.0. The average Bonchev–Trinajstić information content (AvgIpc) is 2.91. The van der Waals surface area contributed by atoms with Gasteiger partial charge in [-0.05, 0) is 67.4 Å². The first-order valence-corrected chi connectivity index (χ1v) is 12.5. The van der Waals surface area contributed by atoms with Crippen molar-refractivity contribution >= 4 is 11.6 Å². The second-order valence-corrected chi connectivity index (χ2v) is 8.97. The van der Waals surface area contributed by atoms with Crippen LogP contribution in [0.25, 0.3) is 0 Å². The standard InChI is InChI=1S/C29H30F6N2O2/c1-3-37(4-2)26-12-10-22(11-13-26)27(38)36-17-23(21-8-6-5-7-9-21)19-39-18-20-14-24(28(30,31)32)16-25(15-20)29(33,34)35/h5-16,23H,3-4,17-19H2,1-2H3,(H,36,38). The minimum absolute atomic E-state index is 0.0389. The monoisotopic (exact) mass is 552 g/mol. The molecule has 3 aromatic rings. The number of benzene rings is 3. The van der Waals surface area contributed by atoms with Crippen LogP contribution in [0.15, 0.2) is 72.8 Å². The van der Waals surface area contributed by atoms with Crippen LogP contribution in [0.5, 0.6) is 0 Å². The molecular formula is C29H30F6N2O2. The third-order valence-corrected chi connectivity index (χ3v) is 6.27. The minimum Gasteiger partial charge on any atom is -0.376 e. The van der Waals surface area contributed by atoms with E-state index in [4.69, 9.17) is 4.74 Å². The number of hydrogen-bond donors (Lipinski definition) is 1. The van der Waals surface area contributed by atoms with Gasteiger partial charge in [0, 0.05) is 36.8 Å². The van der Waals surface area contributed by atoms with E-state index >= 15 is 0 Å². The Kier molecular flexibility index (Phi) is 10.0. The molecule has 3 aromatic carbocycles. The fourth-order valence-corrected chi connectivity index (χ4v) is 4.15. The number of carbonyl (C=O) groups is 1. The van der Waals surface area contributed by atoms with Crippen LogP contribution in [0, 0.1) is 0 Å². The SMILES string of the molecule is CCN(CC)c1ccc(C(=O)NCC(COCc2cc(C(F)(F)F)cc(C(F)(F)F)c2)c2ccccc2)cc1. The van der Waals surface area contributed by atoms with Gasteiger partial charge in [0.15, 0.2) is 0 Å². The van der Waals surface area contributed by atoms with Crippen molar-refractivity contribution in [1.29, 1.82) is 0 Å². The summed E-state index contributed by atoms with van der Waals surface area (Å²) in [5.41, 5.74) is -0.779. The van der Waals surface area contributed by atoms with Gasteiger partial charge in [0.05, 0.1) is 24.3 Å².